The zero-order valence-electron chi connectivity index (χ0n) is 12.9. The third-order valence-electron chi connectivity index (χ3n) is 3.39. The molecule has 0 aliphatic carbocycles. The molecule has 0 aliphatic heterocycles. The van der Waals surface area contributed by atoms with E-state index in [2.05, 4.69) is 5.32 Å². The molecule has 0 saturated carbocycles. The Hall–Kier alpha value is -2.60. The highest BCUT2D eigenvalue weighted by Gasteiger charge is 2.20. The summed E-state index contributed by atoms with van der Waals surface area (Å²) in [6.45, 7) is 0. The molecule has 5 nitrogen and oxygen atoms in total. The number of halogens is 2. The predicted molar refractivity (Wildman–Crippen MR) is 88.6 cm³/mol. The van der Waals surface area contributed by atoms with Gasteiger partial charge in [-0.1, -0.05) is 23.7 Å². The van der Waals surface area contributed by atoms with Gasteiger partial charge in [-0.2, -0.15) is 0 Å². The van der Waals surface area contributed by atoms with Gasteiger partial charge in [-0.3, -0.25) is 9.59 Å². The van der Waals surface area contributed by atoms with Crippen LogP contribution in [0.15, 0.2) is 42.5 Å². The first-order valence-corrected chi connectivity index (χ1v) is 7.46. The van der Waals surface area contributed by atoms with Crippen molar-refractivity contribution in [1.82, 2.24) is 5.32 Å². The lowest BCUT2D eigenvalue weighted by molar-refractivity contribution is -0.119. The third kappa shape index (κ3) is 4.45. The summed E-state index contributed by atoms with van der Waals surface area (Å²) in [5, 5.41) is 2.89. The van der Waals surface area contributed by atoms with E-state index >= 15 is 0 Å². The van der Waals surface area contributed by atoms with Crippen molar-refractivity contribution in [3.05, 3.63) is 64.4 Å². The van der Waals surface area contributed by atoms with Crippen LogP contribution in [0.4, 0.5) is 4.39 Å². The van der Waals surface area contributed by atoms with Crippen LogP contribution in [0, 0.1) is 5.82 Å². The van der Waals surface area contributed by atoms with Crippen LogP contribution in [-0.2, 0) is 11.2 Å². The second-order valence-electron chi connectivity index (χ2n) is 5.11. The van der Waals surface area contributed by atoms with Gasteiger partial charge in [0.15, 0.2) is 0 Å². The third-order valence-corrected chi connectivity index (χ3v) is 3.69. The number of rotatable bonds is 6. The summed E-state index contributed by atoms with van der Waals surface area (Å²) in [5.41, 5.74) is 6.15. The fourth-order valence-electron chi connectivity index (χ4n) is 2.17. The molecule has 0 aliphatic rings. The number of primary amides is 1. The number of hydrogen-bond acceptors (Lipinski definition) is 3. The summed E-state index contributed by atoms with van der Waals surface area (Å²) in [5.74, 6) is -1.33. The Morgan fingerprint density at radius 1 is 1.29 bits per heavy atom. The molecule has 3 N–H and O–H groups in total. The quantitative estimate of drug-likeness (QED) is 0.838. The SMILES string of the molecule is COc1ccc(C[C@H](NC(=O)c2cccc(F)c2)C(N)=O)cc1Cl. The monoisotopic (exact) mass is 350 g/mol. The molecule has 2 aromatic carbocycles. The number of hydrogen-bond donors (Lipinski definition) is 2. The molecule has 7 heteroatoms. The normalized spacial score (nSPS) is 11.6. The van der Waals surface area contributed by atoms with E-state index in [0.717, 1.165) is 6.07 Å². The molecule has 0 heterocycles. The largest absolute Gasteiger partial charge is 0.495 e. The van der Waals surface area contributed by atoms with Gasteiger partial charge in [-0.25, -0.2) is 4.39 Å². The first-order valence-electron chi connectivity index (χ1n) is 7.09. The van der Waals surface area contributed by atoms with Gasteiger partial charge in [0.2, 0.25) is 5.91 Å². The minimum absolute atomic E-state index is 0.106. The molecular weight excluding hydrogens is 335 g/mol. The van der Waals surface area contributed by atoms with Gasteiger partial charge in [0, 0.05) is 12.0 Å². The molecule has 0 unspecified atom stereocenters. The number of nitrogens with one attached hydrogen (secondary N) is 1. The fraction of sp³-hybridized carbons (Fsp3) is 0.176. The molecule has 24 heavy (non-hydrogen) atoms. The number of nitrogens with two attached hydrogens (primary N) is 1. The number of ether oxygens (including phenoxy) is 1. The van der Waals surface area contributed by atoms with E-state index in [1.165, 1.54) is 25.3 Å². The number of benzene rings is 2. The van der Waals surface area contributed by atoms with Gasteiger partial charge in [-0.15, -0.1) is 0 Å². The summed E-state index contributed by atoms with van der Waals surface area (Å²) in [7, 11) is 1.49. The first kappa shape index (κ1) is 17.7. The minimum Gasteiger partial charge on any atom is -0.495 e. The Morgan fingerprint density at radius 2 is 2.04 bits per heavy atom. The maximum atomic E-state index is 13.2. The Morgan fingerprint density at radius 3 is 2.62 bits per heavy atom. The van der Waals surface area contributed by atoms with Crippen molar-refractivity contribution < 1.29 is 18.7 Å². The van der Waals surface area contributed by atoms with Crippen molar-refractivity contribution in [2.45, 2.75) is 12.5 Å². The lowest BCUT2D eigenvalue weighted by atomic mass is 10.0. The van der Waals surface area contributed by atoms with E-state index in [1.54, 1.807) is 18.2 Å². The van der Waals surface area contributed by atoms with Crippen LogP contribution in [0.25, 0.3) is 0 Å². The van der Waals surface area contributed by atoms with Crippen molar-refractivity contribution in [1.29, 1.82) is 0 Å². The summed E-state index contributed by atoms with van der Waals surface area (Å²) in [4.78, 5) is 23.8. The lowest BCUT2D eigenvalue weighted by Crippen LogP contribution is -2.45. The van der Waals surface area contributed by atoms with Crippen LogP contribution in [-0.4, -0.2) is 25.0 Å². The van der Waals surface area contributed by atoms with Crippen molar-refractivity contribution in [3.8, 4) is 5.75 Å². The molecule has 0 spiro atoms. The van der Waals surface area contributed by atoms with Gasteiger partial charge >= 0.3 is 0 Å². The number of carbonyl (C=O) groups excluding carboxylic acids is 2. The highest BCUT2D eigenvalue weighted by molar-refractivity contribution is 6.32. The Labute approximate surface area is 143 Å². The predicted octanol–water partition coefficient (Wildman–Crippen LogP) is 2.31. The summed E-state index contributed by atoms with van der Waals surface area (Å²) in [6, 6.07) is 9.21. The summed E-state index contributed by atoms with van der Waals surface area (Å²) >= 11 is 6.04. The topological polar surface area (TPSA) is 81.4 Å². The van der Waals surface area contributed by atoms with E-state index in [-0.39, 0.29) is 12.0 Å². The molecule has 0 fully saturated rings. The fourth-order valence-corrected chi connectivity index (χ4v) is 2.45. The molecule has 2 rings (SSSR count). The van der Waals surface area contributed by atoms with Gasteiger partial charge in [0.1, 0.15) is 17.6 Å². The number of amides is 2. The van der Waals surface area contributed by atoms with Crippen molar-refractivity contribution in [2.75, 3.05) is 7.11 Å². The van der Waals surface area contributed by atoms with E-state index in [9.17, 15) is 14.0 Å². The Kier molecular flexibility index (Phi) is 5.76. The average molecular weight is 351 g/mol. The molecule has 0 aromatic heterocycles. The first-order chi connectivity index (χ1) is 11.4. The van der Waals surface area contributed by atoms with E-state index in [4.69, 9.17) is 22.1 Å². The second-order valence-corrected chi connectivity index (χ2v) is 5.52. The second kappa shape index (κ2) is 7.79. The molecule has 0 bridgehead atoms. The van der Waals surface area contributed by atoms with Crippen LogP contribution >= 0.6 is 11.6 Å². The summed E-state index contributed by atoms with van der Waals surface area (Å²) < 4.78 is 18.2. The highest BCUT2D eigenvalue weighted by atomic mass is 35.5. The molecule has 0 radical (unpaired) electrons. The maximum absolute atomic E-state index is 13.2. The number of methoxy groups -OCH3 is 1. The zero-order valence-corrected chi connectivity index (χ0v) is 13.6. The van der Waals surface area contributed by atoms with Crippen LogP contribution < -0.4 is 15.8 Å². The van der Waals surface area contributed by atoms with Crippen molar-refractivity contribution in [2.24, 2.45) is 5.73 Å². The van der Waals surface area contributed by atoms with Crippen LogP contribution in [0.2, 0.25) is 5.02 Å². The Balaban J connectivity index is 2.13. The van der Waals surface area contributed by atoms with Crippen molar-refractivity contribution >= 4 is 23.4 Å². The van der Waals surface area contributed by atoms with Crippen molar-refractivity contribution in [3.63, 3.8) is 0 Å². The molecule has 0 saturated heterocycles. The van der Waals surface area contributed by atoms with Crippen LogP contribution in [0.1, 0.15) is 15.9 Å². The maximum Gasteiger partial charge on any atom is 0.252 e. The molecule has 2 amide bonds. The smallest absolute Gasteiger partial charge is 0.252 e. The van der Waals surface area contributed by atoms with Crippen LogP contribution in [0.5, 0.6) is 5.75 Å². The zero-order chi connectivity index (χ0) is 17.7. The van der Waals surface area contributed by atoms with Gasteiger partial charge < -0.3 is 15.8 Å². The standard InChI is InChI=1S/C17H16ClFN2O3/c1-24-15-6-5-10(7-13(15)18)8-14(16(20)22)21-17(23)11-3-2-4-12(19)9-11/h2-7,9,14H,8H2,1H3,(H2,20,22)(H,21,23)/t14-/m0/s1. The lowest BCUT2D eigenvalue weighted by Gasteiger charge is -2.16. The molecular formula is C17H16ClFN2O3. The molecule has 1 atom stereocenters. The van der Waals surface area contributed by atoms with E-state index in [0.29, 0.717) is 16.3 Å². The summed E-state index contributed by atoms with van der Waals surface area (Å²) in [6.07, 6.45) is 0.153. The van der Waals surface area contributed by atoms with E-state index < -0.39 is 23.7 Å². The molecule has 126 valence electrons. The minimum atomic E-state index is -0.953. The Bertz CT molecular complexity index is 767. The highest BCUT2D eigenvalue weighted by Crippen LogP contribution is 2.25. The van der Waals surface area contributed by atoms with Gasteiger partial charge in [0.05, 0.1) is 12.1 Å². The van der Waals surface area contributed by atoms with Crippen LogP contribution in [0.3, 0.4) is 0 Å². The molecule has 2 aromatic rings. The van der Waals surface area contributed by atoms with Gasteiger partial charge in [0.25, 0.3) is 5.91 Å². The van der Waals surface area contributed by atoms with E-state index in [1.807, 2.05) is 0 Å². The average Bonchev–Trinajstić information content (AvgIpc) is 2.54. The number of carbonyl (C=O) groups is 2. The van der Waals surface area contributed by atoms with Gasteiger partial charge in [-0.05, 0) is 35.9 Å².